The van der Waals surface area contributed by atoms with Crippen LogP contribution in [0.2, 0.25) is 0 Å². The Kier molecular flexibility index (Phi) is 3.36. The second-order valence-electron chi connectivity index (χ2n) is 4.90. The summed E-state index contributed by atoms with van der Waals surface area (Å²) in [6.45, 7) is 4.87. The second-order valence-corrected chi connectivity index (χ2v) is 4.90. The van der Waals surface area contributed by atoms with E-state index in [0.29, 0.717) is 29.8 Å². The van der Waals surface area contributed by atoms with Crippen molar-refractivity contribution < 1.29 is 4.79 Å². The molecule has 0 aliphatic heterocycles. The summed E-state index contributed by atoms with van der Waals surface area (Å²) in [7, 11) is 0. The molecule has 1 aliphatic rings. The molecule has 1 fully saturated rings. The summed E-state index contributed by atoms with van der Waals surface area (Å²) in [6, 6.07) is 0. The van der Waals surface area contributed by atoms with Crippen molar-refractivity contribution in [3.05, 3.63) is 11.4 Å². The molecule has 1 saturated carbocycles. The first kappa shape index (κ1) is 12.0. The Morgan fingerprint density at radius 2 is 2.35 bits per heavy atom. The number of amides is 1. The number of nitrogens with two attached hydrogens (primary N) is 1. The van der Waals surface area contributed by atoms with Crippen molar-refractivity contribution in [3.8, 4) is 0 Å². The van der Waals surface area contributed by atoms with E-state index in [2.05, 4.69) is 29.4 Å². The molecule has 1 heterocycles. The lowest BCUT2D eigenvalue weighted by atomic mass is 10.1. The Balaban J connectivity index is 1.99. The first-order valence-corrected chi connectivity index (χ1v) is 6.25. The quantitative estimate of drug-likeness (QED) is 0.726. The van der Waals surface area contributed by atoms with Gasteiger partial charge in [0.05, 0.1) is 11.4 Å². The zero-order valence-corrected chi connectivity index (χ0v) is 10.4. The van der Waals surface area contributed by atoms with Gasteiger partial charge in [0, 0.05) is 12.5 Å². The number of nitrogens with zero attached hydrogens (tertiary/aromatic N) is 1. The van der Waals surface area contributed by atoms with Gasteiger partial charge in [-0.15, -0.1) is 0 Å². The highest BCUT2D eigenvalue weighted by molar-refractivity contribution is 5.97. The van der Waals surface area contributed by atoms with Crippen LogP contribution in [0.15, 0.2) is 0 Å². The molecule has 94 valence electrons. The predicted octanol–water partition coefficient (Wildman–Crippen LogP) is 1.65. The Morgan fingerprint density at radius 1 is 1.65 bits per heavy atom. The summed E-state index contributed by atoms with van der Waals surface area (Å²) >= 11 is 0. The number of aromatic amines is 1. The summed E-state index contributed by atoms with van der Waals surface area (Å²) in [4.78, 5) is 11.9. The molecule has 0 bridgehead atoms. The Labute approximate surface area is 101 Å². The van der Waals surface area contributed by atoms with Gasteiger partial charge in [-0.05, 0) is 18.8 Å². The molecule has 5 nitrogen and oxygen atoms in total. The molecule has 1 amide bonds. The average Bonchev–Trinajstić information content (AvgIpc) is 3.09. The molecular formula is C12H20N4O. The summed E-state index contributed by atoms with van der Waals surface area (Å²) in [5.74, 6) is 0.784. The normalized spacial score (nSPS) is 16.8. The van der Waals surface area contributed by atoms with Crippen LogP contribution in [0.5, 0.6) is 0 Å². The molecule has 0 aromatic carbocycles. The number of nitrogen functional groups attached to an aromatic ring is 1. The van der Waals surface area contributed by atoms with E-state index in [4.69, 9.17) is 5.73 Å². The highest BCUT2D eigenvalue weighted by Crippen LogP contribution is 2.42. The Hall–Kier alpha value is -1.52. The maximum atomic E-state index is 11.9. The van der Waals surface area contributed by atoms with E-state index in [1.54, 1.807) is 0 Å². The molecule has 17 heavy (non-hydrogen) atoms. The number of carbonyl (C=O) groups is 1. The predicted molar refractivity (Wildman–Crippen MR) is 66.8 cm³/mol. The van der Waals surface area contributed by atoms with Crippen LogP contribution in [0.4, 0.5) is 5.69 Å². The highest BCUT2D eigenvalue weighted by Gasteiger charge is 2.30. The fourth-order valence-corrected chi connectivity index (χ4v) is 1.72. The van der Waals surface area contributed by atoms with Gasteiger partial charge in [-0.3, -0.25) is 9.89 Å². The molecule has 5 heteroatoms. The lowest BCUT2D eigenvalue weighted by Crippen LogP contribution is -2.28. The molecule has 0 radical (unpaired) electrons. The fraction of sp³-hybridized carbons (Fsp3) is 0.667. The van der Waals surface area contributed by atoms with Gasteiger partial charge < -0.3 is 11.1 Å². The first-order valence-electron chi connectivity index (χ1n) is 6.25. The van der Waals surface area contributed by atoms with Crippen LogP contribution in [-0.4, -0.2) is 22.6 Å². The minimum atomic E-state index is -0.175. The van der Waals surface area contributed by atoms with Crippen molar-refractivity contribution >= 4 is 11.6 Å². The third kappa shape index (κ3) is 2.60. The van der Waals surface area contributed by atoms with Crippen molar-refractivity contribution in [3.63, 3.8) is 0 Å². The van der Waals surface area contributed by atoms with Crippen molar-refractivity contribution in [1.29, 1.82) is 0 Å². The largest absolute Gasteiger partial charge is 0.395 e. The lowest BCUT2D eigenvalue weighted by molar-refractivity contribution is 0.0943. The van der Waals surface area contributed by atoms with Gasteiger partial charge in [-0.2, -0.15) is 5.10 Å². The summed E-state index contributed by atoms with van der Waals surface area (Å²) in [5, 5.41) is 9.76. The average molecular weight is 236 g/mol. The SMILES string of the molecule is CCC(C)CNC(=O)c1n[nH]c(C2CC2)c1N. The van der Waals surface area contributed by atoms with Crippen LogP contribution in [0.25, 0.3) is 0 Å². The van der Waals surface area contributed by atoms with E-state index in [-0.39, 0.29) is 5.91 Å². The smallest absolute Gasteiger partial charge is 0.273 e. The molecule has 2 rings (SSSR count). The number of H-pyrrole nitrogens is 1. The minimum absolute atomic E-state index is 0.175. The van der Waals surface area contributed by atoms with Gasteiger partial charge in [0.1, 0.15) is 0 Å². The molecule has 0 saturated heterocycles. The molecule has 1 atom stereocenters. The Bertz CT molecular complexity index is 409. The standard InChI is InChI=1S/C12H20N4O/c1-3-7(2)6-14-12(17)11-9(13)10(15-16-11)8-4-5-8/h7-8H,3-6,13H2,1-2H3,(H,14,17)(H,15,16). The van der Waals surface area contributed by atoms with Crippen LogP contribution in [0.3, 0.4) is 0 Å². The van der Waals surface area contributed by atoms with Gasteiger partial charge in [-0.1, -0.05) is 20.3 Å². The summed E-state index contributed by atoms with van der Waals surface area (Å²) in [6.07, 6.45) is 3.32. The van der Waals surface area contributed by atoms with E-state index in [1.165, 1.54) is 0 Å². The van der Waals surface area contributed by atoms with E-state index in [0.717, 1.165) is 25.0 Å². The van der Waals surface area contributed by atoms with Crippen molar-refractivity contribution in [2.24, 2.45) is 5.92 Å². The van der Waals surface area contributed by atoms with Gasteiger partial charge in [0.15, 0.2) is 5.69 Å². The number of rotatable bonds is 5. The van der Waals surface area contributed by atoms with Crippen LogP contribution in [0, 0.1) is 5.92 Å². The number of nitrogens with one attached hydrogen (secondary N) is 2. The lowest BCUT2D eigenvalue weighted by Gasteiger charge is -2.09. The van der Waals surface area contributed by atoms with Gasteiger partial charge in [0.25, 0.3) is 5.91 Å². The zero-order chi connectivity index (χ0) is 12.4. The monoisotopic (exact) mass is 236 g/mol. The van der Waals surface area contributed by atoms with Crippen LogP contribution >= 0.6 is 0 Å². The summed E-state index contributed by atoms with van der Waals surface area (Å²) < 4.78 is 0. The molecule has 1 unspecified atom stereocenters. The third-order valence-corrected chi connectivity index (χ3v) is 3.34. The maximum Gasteiger partial charge on any atom is 0.273 e. The van der Waals surface area contributed by atoms with Gasteiger partial charge >= 0.3 is 0 Å². The molecule has 1 aliphatic carbocycles. The van der Waals surface area contributed by atoms with Crippen molar-refractivity contribution in [2.75, 3.05) is 12.3 Å². The number of anilines is 1. The van der Waals surface area contributed by atoms with E-state index in [1.807, 2.05) is 0 Å². The molecular weight excluding hydrogens is 216 g/mol. The van der Waals surface area contributed by atoms with Gasteiger partial charge in [-0.25, -0.2) is 0 Å². The topological polar surface area (TPSA) is 83.8 Å². The van der Waals surface area contributed by atoms with Crippen LogP contribution < -0.4 is 11.1 Å². The summed E-state index contributed by atoms with van der Waals surface area (Å²) in [5.41, 5.74) is 7.72. The maximum absolute atomic E-state index is 11.9. The number of aromatic nitrogens is 2. The van der Waals surface area contributed by atoms with Crippen LogP contribution in [-0.2, 0) is 0 Å². The number of hydrogen-bond donors (Lipinski definition) is 3. The number of hydrogen-bond acceptors (Lipinski definition) is 3. The molecule has 0 spiro atoms. The first-order chi connectivity index (χ1) is 8.13. The molecule has 1 aromatic heterocycles. The Morgan fingerprint density at radius 3 is 2.94 bits per heavy atom. The second kappa shape index (κ2) is 4.77. The number of carbonyl (C=O) groups excluding carboxylic acids is 1. The fourth-order valence-electron chi connectivity index (χ4n) is 1.72. The molecule has 1 aromatic rings. The van der Waals surface area contributed by atoms with Crippen molar-refractivity contribution in [1.82, 2.24) is 15.5 Å². The zero-order valence-electron chi connectivity index (χ0n) is 10.4. The van der Waals surface area contributed by atoms with Crippen LogP contribution in [0.1, 0.15) is 55.2 Å². The van der Waals surface area contributed by atoms with Crippen molar-refractivity contribution in [2.45, 2.75) is 39.0 Å². The molecule has 4 N–H and O–H groups in total. The van der Waals surface area contributed by atoms with E-state index >= 15 is 0 Å². The minimum Gasteiger partial charge on any atom is -0.395 e. The highest BCUT2D eigenvalue weighted by atomic mass is 16.1. The third-order valence-electron chi connectivity index (χ3n) is 3.34. The van der Waals surface area contributed by atoms with E-state index < -0.39 is 0 Å². The van der Waals surface area contributed by atoms with Gasteiger partial charge in [0.2, 0.25) is 0 Å². The van der Waals surface area contributed by atoms with E-state index in [9.17, 15) is 4.79 Å².